The molecule has 0 atom stereocenters. The summed E-state index contributed by atoms with van der Waals surface area (Å²) in [5.41, 5.74) is 5.96. The first-order valence-corrected chi connectivity index (χ1v) is 10.6. The van der Waals surface area contributed by atoms with Crippen LogP contribution in [-0.2, 0) is 19.7 Å². The number of carbonyl (C=O) groups is 1. The molecule has 0 saturated heterocycles. The van der Waals surface area contributed by atoms with Crippen molar-refractivity contribution in [3.63, 3.8) is 0 Å². The van der Waals surface area contributed by atoms with Gasteiger partial charge in [-0.25, -0.2) is 9.18 Å². The van der Waals surface area contributed by atoms with E-state index in [0.717, 1.165) is 20.9 Å². The minimum absolute atomic E-state index is 0.0360. The van der Waals surface area contributed by atoms with E-state index in [4.69, 9.17) is 10.5 Å². The number of carbonyl (C=O) groups excluding carboxylic acids is 1. The van der Waals surface area contributed by atoms with Gasteiger partial charge in [-0.2, -0.15) is 4.39 Å². The normalized spacial score (nSPS) is 10.8. The molecule has 0 bridgehead atoms. The highest BCUT2D eigenvalue weighted by molar-refractivity contribution is 5.92. The fourth-order valence-corrected chi connectivity index (χ4v) is 3.46. The lowest BCUT2D eigenvalue weighted by Crippen LogP contribution is -2.41. The first-order valence-electron chi connectivity index (χ1n) is 10.6. The Morgan fingerprint density at radius 1 is 0.800 bits per heavy atom. The predicted molar refractivity (Wildman–Crippen MR) is 125 cm³/mol. The number of rotatable bonds is 8. The summed E-state index contributed by atoms with van der Waals surface area (Å²) in [5, 5.41) is 0. The van der Waals surface area contributed by atoms with Gasteiger partial charge in [-0.1, -0.05) is 36.4 Å². The number of hydrogen-bond acceptors (Lipinski definition) is 4. The summed E-state index contributed by atoms with van der Waals surface area (Å²) in [7, 11) is 0. The van der Waals surface area contributed by atoms with Gasteiger partial charge in [0.1, 0.15) is 18.2 Å². The second-order valence-corrected chi connectivity index (χ2v) is 7.90. The summed E-state index contributed by atoms with van der Waals surface area (Å²) < 4.78 is 35.0. The van der Waals surface area contributed by atoms with Crippen LogP contribution in [0, 0.1) is 11.6 Å². The summed E-state index contributed by atoms with van der Waals surface area (Å²) >= 11 is 0. The lowest BCUT2D eigenvalue weighted by molar-refractivity contribution is 0.1000. The van der Waals surface area contributed by atoms with Crippen LogP contribution < -0.4 is 21.7 Å². The first kappa shape index (κ1) is 23.6. The third kappa shape index (κ3) is 5.70. The van der Waals surface area contributed by atoms with Gasteiger partial charge < -0.3 is 10.5 Å². The molecule has 0 aliphatic heterocycles. The van der Waals surface area contributed by atoms with Crippen molar-refractivity contribution in [2.45, 2.75) is 19.7 Å². The Balaban J connectivity index is 1.46. The number of hydrogen-bond donors (Lipinski definition) is 1. The van der Waals surface area contributed by atoms with Crippen molar-refractivity contribution in [1.29, 1.82) is 0 Å². The van der Waals surface area contributed by atoms with Crippen molar-refractivity contribution in [3.8, 4) is 5.75 Å². The monoisotopic (exact) mass is 477 g/mol. The lowest BCUT2D eigenvalue weighted by Gasteiger charge is -2.12. The van der Waals surface area contributed by atoms with Crippen LogP contribution in [-0.4, -0.2) is 15.0 Å². The Labute approximate surface area is 198 Å². The molecule has 0 radical (unpaired) electrons. The Hall–Kier alpha value is -4.53. The number of ether oxygens (including phenoxy) is 1. The van der Waals surface area contributed by atoms with Crippen LogP contribution in [0.1, 0.15) is 27.0 Å². The summed E-state index contributed by atoms with van der Waals surface area (Å²) in [5.74, 6) is -1.44. The van der Waals surface area contributed by atoms with Gasteiger partial charge in [0.15, 0.2) is 0 Å². The van der Waals surface area contributed by atoms with Gasteiger partial charge in [-0.3, -0.25) is 18.7 Å². The molecule has 35 heavy (non-hydrogen) atoms. The second-order valence-electron chi connectivity index (χ2n) is 7.90. The van der Waals surface area contributed by atoms with E-state index in [1.54, 1.807) is 48.5 Å². The van der Waals surface area contributed by atoms with Crippen molar-refractivity contribution in [2.75, 3.05) is 0 Å². The molecule has 2 N–H and O–H groups in total. The summed E-state index contributed by atoms with van der Waals surface area (Å²) in [4.78, 5) is 36.2. The number of nitrogens with zero attached hydrogens (tertiary/aromatic N) is 2. The molecule has 1 aromatic heterocycles. The zero-order valence-corrected chi connectivity index (χ0v) is 18.5. The molecule has 0 spiro atoms. The molecule has 3 aromatic carbocycles. The van der Waals surface area contributed by atoms with Crippen LogP contribution >= 0.6 is 0 Å². The smallest absolute Gasteiger partial charge is 0.331 e. The van der Waals surface area contributed by atoms with Crippen LogP contribution in [0.25, 0.3) is 0 Å². The lowest BCUT2D eigenvalue weighted by atomic mass is 10.1. The number of primary amides is 1. The third-order valence-corrected chi connectivity index (χ3v) is 5.37. The highest BCUT2D eigenvalue weighted by atomic mass is 19.1. The van der Waals surface area contributed by atoms with Crippen molar-refractivity contribution in [1.82, 2.24) is 9.13 Å². The maximum atomic E-state index is 14.3. The average Bonchev–Trinajstić information content (AvgIpc) is 2.86. The highest BCUT2D eigenvalue weighted by Gasteiger charge is 2.12. The maximum Gasteiger partial charge on any atom is 0.331 e. The summed E-state index contributed by atoms with van der Waals surface area (Å²) in [6.07, 6.45) is 0.881. The van der Waals surface area contributed by atoms with E-state index in [9.17, 15) is 23.2 Å². The molecule has 0 fully saturated rings. The maximum absolute atomic E-state index is 14.3. The van der Waals surface area contributed by atoms with E-state index in [-0.39, 0.29) is 19.7 Å². The Morgan fingerprint density at radius 2 is 1.37 bits per heavy atom. The van der Waals surface area contributed by atoms with Crippen molar-refractivity contribution in [3.05, 3.63) is 134 Å². The SMILES string of the molecule is NC(=O)c1ccc(COc2ccc(Cn3cc(F)c(=O)n(Cc4ccc(F)cc4)c3=O)cc2)cc1. The third-order valence-electron chi connectivity index (χ3n) is 5.37. The topological polar surface area (TPSA) is 96.3 Å². The predicted octanol–water partition coefficient (Wildman–Crippen LogP) is 3.06. The molecule has 4 aromatic rings. The molecule has 9 heteroatoms. The number of benzene rings is 3. The quantitative estimate of drug-likeness (QED) is 0.422. The fraction of sp³-hybridized carbons (Fsp3) is 0.115. The molecular formula is C26H21F2N3O4. The summed E-state index contributed by atoms with van der Waals surface area (Å²) in [6.45, 7) is 0.134. The van der Waals surface area contributed by atoms with Gasteiger partial charge in [0.2, 0.25) is 11.7 Å². The molecule has 178 valence electrons. The minimum Gasteiger partial charge on any atom is -0.489 e. The molecule has 0 aliphatic carbocycles. The standard InChI is InChI=1S/C26H21F2N3O4/c27-21-9-3-18(4-10-21)14-31-25(33)23(28)15-30(26(31)34)13-17-5-11-22(12-6-17)35-16-19-1-7-20(8-2-19)24(29)32/h1-12,15H,13-14,16H2,(H2,29,32). The van der Waals surface area contributed by atoms with Crippen molar-refractivity contribution >= 4 is 5.91 Å². The molecule has 0 aliphatic rings. The van der Waals surface area contributed by atoms with E-state index < -0.39 is 28.8 Å². The number of aromatic nitrogens is 2. The van der Waals surface area contributed by atoms with Crippen LogP contribution in [0.4, 0.5) is 8.78 Å². The molecule has 0 saturated carbocycles. The molecule has 7 nitrogen and oxygen atoms in total. The Morgan fingerprint density at radius 3 is 2.00 bits per heavy atom. The zero-order valence-electron chi connectivity index (χ0n) is 18.5. The summed E-state index contributed by atoms with van der Waals surface area (Å²) in [6, 6.07) is 18.9. The first-order chi connectivity index (χ1) is 16.8. The zero-order chi connectivity index (χ0) is 24.9. The van der Waals surface area contributed by atoms with Gasteiger partial charge in [-0.05, 0) is 53.1 Å². The van der Waals surface area contributed by atoms with E-state index in [2.05, 4.69) is 0 Å². The van der Waals surface area contributed by atoms with Crippen molar-refractivity contribution < 1.29 is 18.3 Å². The highest BCUT2D eigenvalue weighted by Crippen LogP contribution is 2.15. The average molecular weight is 477 g/mol. The number of amides is 1. The van der Waals surface area contributed by atoms with Crippen molar-refractivity contribution in [2.24, 2.45) is 5.73 Å². The van der Waals surface area contributed by atoms with Gasteiger partial charge >= 0.3 is 5.69 Å². The molecule has 0 unspecified atom stereocenters. The van der Waals surface area contributed by atoms with E-state index in [0.29, 0.717) is 22.4 Å². The van der Waals surface area contributed by atoms with Gasteiger partial charge in [0.25, 0.3) is 5.56 Å². The fourth-order valence-electron chi connectivity index (χ4n) is 3.46. The van der Waals surface area contributed by atoms with Gasteiger partial charge in [0, 0.05) is 5.56 Å². The van der Waals surface area contributed by atoms with E-state index in [1.165, 1.54) is 24.3 Å². The second kappa shape index (κ2) is 10.2. The van der Waals surface area contributed by atoms with E-state index in [1.807, 2.05) is 0 Å². The Kier molecular flexibility index (Phi) is 6.86. The molecule has 4 rings (SSSR count). The minimum atomic E-state index is -1.06. The number of nitrogens with two attached hydrogens (primary N) is 1. The molecule has 1 heterocycles. The van der Waals surface area contributed by atoms with Crippen LogP contribution in [0.15, 0.2) is 88.6 Å². The van der Waals surface area contributed by atoms with Crippen LogP contribution in [0.5, 0.6) is 5.75 Å². The largest absolute Gasteiger partial charge is 0.489 e. The molecular weight excluding hydrogens is 456 g/mol. The van der Waals surface area contributed by atoms with Gasteiger partial charge in [0.05, 0.1) is 19.3 Å². The number of halogens is 2. The molecule has 1 amide bonds. The van der Waals surface area contributed by atoms with Crippen LogP contribution in [0.3, 0.4) is 0 Å². The Bertz CT molecular complexity index is 1460. The van der Waals surface area contributed by atoms with Crippen LogP contribution in [0.2, 0.25) is 0 Å². The van der Waals surface area contributed by atoms with E-state index >= 15 is 0 Å². The van der Waals surface area contributed by atoms with Gasteiger partial charge in [-0.15, -0.1) is 0 Å².